The minimum Gasteiger partial charge on any atom is -0.282 e. The maximum atomic E-state index is 13.8. The molecule has 0 N–H and O–H groups in total. The summed E-state index contributed by atoms with van der Waals surface area (Å²) in [5, 5.41) is 0.595. The summed E-state index contributed by atoms with van der Waals surface area (Å²) in [5.74, 6) is 0.224. The Morgan fingerprint density at radius 3 is 2.71 bits per heavy atom. The summed E-state index contributed by atoms with van der Waals surface area (Å²) >= 11 is 0. The molecule has 0 radical (unpaired) electrons. The van der Waals surface area contributed by atoms with Gasteiger partial charge in [-0.15, -0.1) is 0 Å². The maximum Gasteiger partial charge on any atom is 0.234 e. The van der Waals surface area contributed by atoms with Gasteiger partial charge in [0, 0.05) is 24.0 Å². The first-order chi connectivity index (χ1) is 8.25. The van der Waals surface area contributed by atoms with E-state index in [1.807, 2.05) is 25.1 Å². The SMILES string of the molecule is Cc1ccc2c(c1)c(F)cn2-c1ncccn1. The van der Waals surface area contributed by atoms with Crippen LogP contribution in [0.1, 0.15) is 5.56 Å². The summed E-state index contributed by atoms with van der Waals surface area (Å²) in [6.07, 6.45) is 4.69. The van der Waals surface area contributed by atoms with Gasteiger partial charge in [-0.05, 0) is 25.1 Å². The molecule has 84 valence electrons. The maximum absolute atomic E-state index is 13.8. The van der Waals surface area contributed by atoms with Gasteiger partial charge in [-0.1, -0.05) is 11.6 Å². The fourth-order valence-electron chi connectivity index (χ4n) is 1.88. The van der Waals surface area contributed by atoms with Crippen LogP contribution in [0.4, 0.5) is 4.39 Å². The minimum absolute atomic E-state index is 0.254. The van der Waals surface area contributed by atoms with Crippen LogP contribution < -0.4 is 0 Å². The Balaban J connectivity index is 2.32. The summed E-state index contributed by atoms with van der Waals surface area (Å²) in [4.78, 5) is 8.24. The van der Waals surface area contributed by atoms with Gasteiger partial charge in [0.15, 0.2) is 0 Å². The summed E-state index contributed by atoms with van der Waals surface area (Å²) in [6.45, 7) is 1.94. The highest BCUT2D eigenvalue weighted by Gasteiger charge is 2.10. The normalized spacial score (nSPS) is 10.9. The second-order valence-electron chi connectivity index (χ2n) is 3.92. The number of hydrogen-bond donors (Lipinski definition) is 0. The monoisotopic (exact) mass is 227 g/mol. The van der Waals surface area contributed by atoms with E-state index in [4.69, 9.17) is 0 Å². The van der Waals surface area contributed by atoms with E-state index in [2.05, 4.69) is 9.97 Å². The molecule has 2 aromatic heterocycles. The van der Waals surface area contributed by atoms with Crippen molar-refractivity contribution in [2.45, 2.75) is 6.92 Å². The highest BCUT2D eigenvalue weighted by Crippen LogP contribution is 2.23. The molecule has 3 nitrogen and oxygen atoms in total. The topological polar surface area (TPSA) is 30.7 Å². The molecule has 0 aliphatic rings. The number of rotatable bonds is 1. The van der Waals surface area contributed by atoms with Crippen LogP contribution in [0.25, 0.3) is 16.9 Å². The van der Waals surface area contributed by atoms with Gasteiger partial charge in [-0.25, -0.2) is 14.4 Å². The van der Waals surface area contributed by atoms with Crippen molar-refractivity contribution in [3.63, 3.8) is 0 Å². The summed E-state index contributed by atoms with van der Waals surface area (Å²) in [5.41, 5.74) is 1.81. The van der Waals surface area contributed by atoms with E-state index >= 15 is 0 Å². The second-order valence-corrected chi connectivity index (χ2v) is 3.92. The molecule has 0 aliphatic heterocycles. The van der Waals surface area contributed by atoms with Gasteiger partial charge in [0.1, 0.15) is 5.82 Å². The van der Waals surface area contributed by atoms with Gasteiger partial charge >= 0.3 is 0 Å². The molecule has 0 unspecified atom stereocenters. The van der Waals surface area contributed by atoms with Crippen molar-refractivity contribution in [2.75, 3.05) is 0 Å². The van der Waals surface area contributed by atoms with Crippen LogP contribution >= 0.6 is 0 Å². The number of halogens is 1. The van der Waals surface area contributed by atoms with Crippen LogP contribution in [0.15, 0.2) is 42.9 Å². The zero-order chi connectivity index (χ0) is 11.8. The van der Waals surface area contributed by atoms with E-state index in [0.717, 1.165) is 11.1 Å². The largest absolute Gasteiger partial charge is 0.282 e. The molecule has 0 saturated carbocycles. The molecule has 3 aromatic rings. The Hall–Kier alpha value is -2.23. The lowest BCUT2D eigenvalue weighted by atomic mass is 10.2. The molecule has 0 saturated heterocycles. The van der Waals surface area contributed by atoms with Gasteiger partial charge in [0.25, 0.3) is 0 Å². The molecule has 4 heteroatoms. The van der Waals surface area contributed by atoms with Crippen molar-refractivity contribution in [3.05, 3.63) is 54.2 Å². The second kappa shape index (κ2) is 3.66. The molecular weight excluding hydrogens is 217 g/mol. The Morgan fingerprint density at radius 2 is 1.94 bits per heavy atom. The van der Waals surface area contributed by atoms with E-state index in [0.29, 0.717) is 11.3 Å². The zero-order valence-corrected chi connectivity index (χ0v) is 9.26. The van der Waals surface area contributed by atoms with Crippen LogP contribution in [0.2, 0.25) is 0 Å². The van der Waals surface area contributed by atoms with Gasteiger partial charge in [-0.3, -0.25) is 4.57 Å². The lowest BCUT2D eigenvalue weighted by Crippen LogP contribution is -1.97. The standard InChI is InChI=1S/C13H10FN3/c1-9-3-4-12-10(7-9)11(14)8-17(12)13-15-5-2-6-16-13/h2-8H,1H3. The molecule has 1 aromatic carbocycles. The highest BCUT2D eigenvalue weighted by atomic mass is 19.1. The van der Waals surface area contributed by atoms with Gasteiger partial charge in [0.05, 0.1) is 5.52 Å². The van der Waals surface area contributed by atoms with Crippen LogP contribution in [-0.2, 0) is 0 Å². The van der Waals surface area contributed by atoms with E-state index in [9.17, 15) is 4.39 Å². The summed E-state index contributed by atoms with van der Waals surface area (Å²) in [7, 11) is 0. The van der Waals surface area contributed by atoms with E-state index in [1.54, 1.807) is 23.0 Å². The number of hydrogen-bond acceptors (Lipinski definition) is 2. The van der Waals surface area contributed by atoms with Crippen molar-refractivity contribution in [1.82, 2.24) is 14.5 Å². The molecule has 0 aliphatic carbocycles. The summed E-state index contributed by atoms with van der Waals surface area (Å²) in [6, 6.07) is 7.38. The first kappa shape index (κ1) is 9.96. The predicted octanol–water partition coefficient (Wildman–Crippen LogP) is 2.87. The average Bonchev–Trinajstić information content (AvgIpc) is 2.68. The molecule has 0 bridgehead atoms. The number of benzene rings is 1. The minimum atomic E-state index is -0.254. The average molecular weight is 227 g/mol. The molecule has 3 rings (SSSR count). The van der Waals surface area contributed by atoms with Gasteiger partial charge in [-0.2, -0.15) is 0 Å². The van der Waals surface area contributed by atoms with E-state index in [1.165, 1.54) is 6.20 Å². The van der Waals surface area contributed by atoms with Crippen molar-refractivity contribution >= 4 is 10.9 Å². The Labute approximate surface area is 97.6 Å². The molecule has 2 heterocycles. The number of aromatic nitrogens is 3. The third-order valence-corrected chi connectivity index (χ3v) is 2.68. The quantitative estimate of drug-likeness (QED) is 0.640. The predicted molar refractivity (Wildman–Crippen MR) is 63.6 cm³/mol. The van der Waals surface area contributed by atoms with Crippen LogP contribution in [-0.4, -0.2) is 14.5 Å². The Bertz CT molecular complexity index is 674. The van der Waals surface area contributed by atoms with E-state index < -0.39 is 0 Å². The molecule has 17 heavy (non-hydrogen) atoms. The molecular formula is C13H10FN3. The molecule has 0 atom stereocenters. The van der Waals surface area contributed by atoms with Gasteiger partial charge in [0.2, 0.25) is 5.95 Å². The molecule has 0 fully saturated rings. The zero-order valence-electron chi connectivity index (χ0n) is 9.26. The van der Waals surface area contributed by atoms with Crippen molar-refractivity contribution < 1.29 is 4.39 Å². The van der Waals surface area contributed by atoms with Crippen LogP contribution in [0.3, 0.4) is 0 Å². The third kappa shape index (κ3) is 1.58. The van der Waals surface area contributed by atoms with Crippen LogP contribution in [0, 0.1) is 12.7 Å². The number of fused-ring (bicyclic) bond motifs is 1. The first-order valence-corrected chi connectivity index (χ1v) is 5.30. The Kier molecular flexibility index (Phi) is 2.14. The number of aryl methyl sites for hydroxylation is 1. The third-order valence-electron chi connectivity index (χ3n) is 2.68. The number of nitrogens with zero attached hydrogens (tertiary/aromatic N) is 3. The smallest absolute Gasteiger partial charge is 0.234 e. The van der Waals surface area contributed by atoms with Gasteiger partial charge < -0.3 is 0 Å². The summed E-state index contributed by atoms with van der Waals surface area (Å²) < 4.78 is 15.5. The van der Waals surface area contributed by atoms with Crippen LogP contribution in [0.5, 0.6) is 0 Å². The Morgan fingerprint density at radius 1 is 1.18 bits per heavy atom. The fraction of sp³-hybridized carbons (Fsp3) is 0.0769. The highest BCUT2D eigenvalue weighted by molar-refractivity contribution is 5.82. The van der Waals surface area contributed by atoms with Crippen molar-refractivity contribution in [2.24, 2.45) is 0 Å². The first-order valence-electron chi connectivity index (χ1n) is 5.30. The van der Waals surface area contributed by atoms with Crippen molar-refractivity contribution in [1.29, 1.82) is 0 Å². The van der Waals surface area contributed by atoms with Crippen molar-refractivity contribution in [3.8, 4) is 5.95 Å². The molecule has 0 spiro atoms. The fourth-order valence-corrected chi connectivity index (χ4v) is 1.88. The van der Waals surface area contributed by atoms with E-state index in [-0.39, 0.29) is 5.82 Å². The molecule has 0 amide bonds. The lowest BCUT2D eigenvalue weighted by molar-refractivity contribution is 0.635. The lowest BCUT2D eigenvalue weighted by Gasteiger charge is -2.02.